The third-order valence-electron chi connectivity index (χ3n) is 4.39. The van der Waals surface area contributed by atoms with Crippen molar-refractivity contribution in [3.8, 4) is 11.5 Å². The summed E-state index contributed by atoms with van der Waals surface area (Å²) in [5, 5.41) is 13.8. The average molecular weight is 441 g/mol. The first-order chi connectivity index (χ1) is 14.9. The molecule has 0 saturated carbocycles. The van der Waals surface area contributed by atoms with E-state index in [1.807, 2.05) is 38.1 Å². The molecule has 31 heavy (non-hydrogen) atoms. The maximum atomic E-state index is 12.7. The number of anilines is 1. The van der Waals surface area contributed by atoms with E-state index in [1.54, 1.807) is 6.07 Å². The number of aryl methyl sites for hydroxylation is 1. The minimum Gasteiger partial charge on any atom is -0.490 e. The van der Waals surface area contributed by atoms with E-state index in [9.17, 15) is 14.9 Å². The molecule has 1 N–H and O–H groups in total. The van der Waals surface area contributed by atoms with Gasteiger partial charge in [-0.1, -0.05) is 47.5 Å². The SMILES string of the molecule is CCOc1cc(C(=O)Nc2cccc([N+](=O)[O-])c2)cc(Cl)c1OCc1ccc(C)cc1. The van der Waals surface area contributed by atoms with Gasteiger partial charge in [-0.05, 0) is 37.6 Å². The van der Waals surface area contributed by atoms with Crippen LogP contribution in [-0.2, 0) is 6.61 Å². The van der Waals surface area contributed by atoms with Crippen LogP contribution in [0, 0.1) is 17.0 Å². The highest BCUT2D eigenvalue weighted by Crippen LogP contribution is 2.37. The average Bonchev–Trinajstić information content (AvgIpc) is 2.74. The number of carbonyl (C=O) groups is 1. The Morgan fingerprint density at radius 2 is 1.84 bits per heavy atom. The molecule has 0 heterocycles. The second-order valence-corrected chi connectivity index (χ2v) is 7.16. The largest absolute Gasteiger partial charge is 0.490 e. The summed E-state index contributed by atoms with van der Waals surface area (Å²) in [4.78, 5) is 23.1. The number of amides is 1. The molecule has 0 aliphatic rings. The van der Waals surface area contributed by atoms with E-state index in [0.717, 1.165) is 11.1 Å². The summed E-state index contributed by atoms with van der Waals surface area (Å²) >= 11 is 6.40. The highest BCUT2D eigenvalue weighted by Gasteiger charge is 2.17. The molecule has 0 aliphatic carbocycles. The van der Waals surface area contributed by atoms with Gasteiger partial charge in [0.25, 0.3) is 11.6 Å². The molecule has 0 atom stereocenters. The van der Waals surface area contributed by atoms with Gasteiger partial charge in [-0.3, -0.25) is 14.9 Å². The van der Waals surface area contributed by atoms with Crippen LogP contribution >= 0.6 is 11.6 Å². The number of nitrogens with one attached hydrogen (secondary N) is 1. The monoisotopic (exact) mass is 440 g/mol. The van der Waals surface area contributed by atoms with Crippen molar-refractivity contribution in [2.45, 2.75) is 20.5 Å². The van der Waals surface area contributed by atoms with Gasteiger partial charge in [0.2, 0.25) is 0 Å². The molecule has 0 bridgehead atoms. The lowest BCUT2D eigenvalue weighted by Crippen LogP contribution is -2.13. The predicted octanol–water partition coefficient (Wildman–Crippen LogP) is 5.79. The van der Waals surface area contributed by atoms with Gasteiger partial charge < -0.3 is 14.8 Å². The highest BCUT2D eigenvalue weighted by atomic mass is 35.5. The van der Waals surface area contributed by atoms with Gasteiger partial charge in [0, 0.05) is 23.4 Å². The van der Waals surface area contributed by atoms with Crippen LogP contribution in [-0.4, -0.2) is 17.4 Å². The van der Waals surface area contributed by atoms with Crippen molar-refractivity contribution in [3.63, 3.8) is 0 Å². The summed E-state index contributed by atoms with van der Waals surface area (Å²) in [7, 11) is 0. The van der Waals surface area contributed by atoms with E-state index in [4.69, 9.17) is 21.1 Å². The maximum absolute atomic E-state index is 12.7. The molecule has 3 aromatic carbocycles. The number of hydrogen-bond donors (Lipinski definition) is 1. The Morgan fingerprint density at radius 3 is 2.52 bits per heavy atom. The molecule has 0 fully saturated rings. The van der Waals surface area contributed by atoms with Crippen LogP contribution in [0.3, 0.4) is 0 Å². The van der Waals surface area contributed by atoms with Gasteiger partial charge in [-0.25, -0.2) is 0 Å². The lowest BCUT2D eigenvalue weighted by Gasteiger charge is -2.15. The van der Waals surface area contributed by atoms with Crippen LogP contribution in [0.15, 0.2) is 60.7 Å². The van der Waals surface area contributed by atoms with Crippen molar-refractivity contribution < 1.29 is 19.2 Å². The maximum Gasteiger partial charge on any atom is 0.271 e. The van der Waals surface area contributed by atoms with E-state index >= 15 is 0 Å². The Bertz CT molecular complexity index is 1100. The van der Waals surface area contributed by atoms with Crippen LogP contribution in [0.2, 0.25) is 5.02 Å². The molecule has 8 heteroatoms. The molecule has 0 unspecified atom stereocenters. The number of non-ortho nitro benzene ring substituents is 1. The Kier molecular flexibility index (Phi) is 7.10. The highest BCUT2D eigenvalue weighted by molar-refractivity contribution is 6.32. The summed E-state index contributed by atoms with van der Waals surface area (Å²) in [5.74, 6) is 0.204. The molecule has 1 amide bonds. The standard InChI is InChI=1S/C23H21ClN2O5/c1-3-30-21-12-17(23(27)25-18-5-4-6-19(13-18)26(28)29)11-20(24)22(21)31-14-16-9-7-15(2)8-10-16/h4-13H,3,14H2,1-2H3,(H,25,27). The molecule has 0 saturated heterocycles. The van der Waals surface area contributed by atoms with E-state index in [-0.39, 0.29) is 16.3 Å². The van der Waals surface area contributed by atoms with E-state index in [0.29, 0.717) is 30.4 Å². The minimum atomic E-state index is -0.528. The number of carbonyl (C=O) groups excluding carboxylic acids is 1. The zero-order valence-corrected chi connectivity index (χ0v) is 17.8. The van der Waals surface area contributed by atoms with E-state index < -0.39 is 10.8 Å². The molecule has 0 spiro atoms. The Hall–Kier alpha value is -3.58. The van der Waals surface area contributed by atoms with Gasteiger partial charge in [0.05, 0.1) is 16.6 Å². The first-order valence-corrected chi connectivity index (χ1v) is 9.95. The second-order valence-electron chi connectivity index (χ2n) is 6.75. The number of nitrogens with zero attached hydrogens (tertiary/aromatic N) is 1. The lowest BCUT2D eigenvalue weighted by atomic mass is 10.1. The van der Waals surface area contributed by atoms with Crippen molar-refractivity contribution in [2.75, 3.05) is 11.9 Å². The fourth-order valence-corrected chi connectivity index (χ4v) is 3.11. The number of halogens is 1. The van der Waals surface area contributed by atoms with Crippen LogP contribution < -0.4 is 14.8 Å². The number of nitro groups is 1. The zero-order chi connectivity index (χ0) is 22.4. The van der Waals surface area contributed by atoms with Crippen molar-refractivity contribution in [1.29, 1.82) is 0 Å². The Labute approximate surface area is 184 Å². The molecule has 0 aliphatic heterocycles. The number of rotatable bonds is 8. The van der Waals surface area contributed by atoms with Gasteiger partial charge in [0.15, 0.2) is 11.5 Å². The quantitative estimate of drug-likeness (QED) is 0.353. The van der Waals surface area contributed by atoms with Gasteiger partial charge in [-0.2, -0.15) is 0 Å². The molecule has 3 rings (SSSR count). The number of benzene rings is 3. The lowest BCUT2D eigenvalue weighted by molar-refractivity contribution is -0.384. The second kappa shape index (κ2) is 9.95. The molecule has 0 aromatic heterocycles. The summed E-state index contributed by atoms with van der Waals surface area (Å²) in [5.41, 5.74) is 2.54. The smallest absolute Gasteiger partial charge is 0.271 e. The molecule has 0 radical (unpaired) electrons. The van der Waals surface area contributed by atoms with Gasteiger partial charge in [-0.15, -0.1) is 0 Å². The van der Waals surface area contributed by atoms with Crippen molar-refractivity contribution in [3.05, 3.63) is 92.5 Å². The fourth-order valence-electron chi connectivity index (χ4n) is 2.84. The summed E-state index contributed by atoms with van der Waals surface area (Å²) in [6.07, 6.45) is 0. The van der Waals surface area contributed by atoms with Crippen molar-refractivity contribution in [1.82, 2.24) is 0 Å². The van der Waals surface area contributed by atoms with E-state index in [2.05, 4.69) is 5.32 Å². The number of nitro benzene ring substituents is 1. The van der Waals surface area contributed by atoms with Gasteiger partial charge in [0.1, 0.15) is 6.61 Å². The van der Waals surface area contributed by atoms with Crippen molar-refractivity contribution >= 4 is 28.9 Å². The fraction of sp³-hybridized carbons (Fsp3) is 0.174. The van der Waals surface area contributed by atoms with Crippen LogP contribution in [0.1, 0.15) is 28.4 Å². The molecular weight excluding hydrogens is 420 g/mol. The summed E-state index contributed by atoms with van der Waals surface area (Å²) in [6, 6.07) is 16.6. The Morgan fingerprint density at radius 1 is 1.10 bits per heavy atom. The normalized spacial score (nSPS) is 10.4. The van der Waals surface area contributed by atoms with Gasteiger partial charge >= 0.3 is 0 Å². The predicted molar refractivity (Wildman–Crippen MR) is 119 cm³/mol. The third kappa shape index (κ3) is 5.73. The van der Waals surface area contributed by atoms with Crippen LogP contribution in [0.5, 0.6) is 11.5 Å². The molecule has 160 valence electrons. The molecule has 7 nitrogen and oxygen atoms in total. The first kappa shape index (κ1) is 22.1. The number of ether oxygens (including phenoxy) is 2. The summed E-state index contributed by atoms with van der Waals surface area (Å²) < 4.78 is 11.5. The van der Waals surface area contributed by atoms with Crippen molar-refractivity contribution in [2.24, 2.45) is 0 Å². The third-order valence-corrected chi connectivity index (χ3v) is 4.67. The number of hydrogen-bond acceptors (Lipinski definition) is 5. The molecular formula is C23H21ClN2O5. The topological polar surface area (TPSA) is 90.7 Å². The first-order valence-electron chi connectivity index (χ1n) is 9.58. The van der Waals surface area contributed by atoms with E-state index in [1.165, 1.54) is 30.3 Å². The summed E-state index contributed by atoms with van der Waals surface area (Å²) in [6.45, 7) is 4.46. The van der Waals surface area contributed by atoms with Crippen LogP contribution in [0.4, 0.5) is 11.4 Å². The minimum absolute atomic E-state index is 0.120. The zero-order valence-electron chi connectivity index (χ0n) is 17.1. The Balaban J connectivity index is 1.81. The molecule has 3 aromatic rings. The van der Waals surface area contributed by atoms with Crippen LogP contribution in [0.25, 0.3) is 0 Å².